The molecule has 0 saturated carbocycles. The van der Waals surface area contributed by atoms with Gasteiger partial charge in [0.1, 0.15) is 0 Å². The summed E-state index contributed by atoms with van der Waals surface area (Å²) in [7, 11) is 0. The van der Waals surface area contributed by atoms with Crippen LogP contribution in [-0.4, -0.2) is 28.2 Å². The van der Waals surface area contributed by atoms with Gasteiger partial charge in [-0.1, -0.05) is 55.9 Å². The van der Waals surface area contributed by atoms with E-state index >= 15 is 0 Å². The summed E-state index contributed by atoms with van der Waals surface area (Å²) in [5, 5.41) is 20.2. The Balaban J connectivity index is 2.36. The Morgan fingerprint density at radius 1 is 1.36 bits per heavy atom. The maximum atomic E-state index is 10.2. The lowest BCUT2D eigenvalue weighted by Gasteiger charge is -2.42. The molecule has 25 heavy (non-hydrogen) atoms. The van der Waals surface area contributed by atoms with Crippen molar-refractivity contribution in [1.82, 2.24) is 0 Å². The summed E-state index contributed by atoms with van der Waals surface area (Å²) < 4.78 is 5.69. The molecule has 0 radical (unpaired) electrons. The third kappa shape index (κ3) is 8.17. The molecule has 0 bridgehead atoms. The predicted molar refractivity (Wildman–Crippen MR) is 105 cm³/mol. The largest absolute Gasteiger partial charge is 0.393 e. The maximum Gasteiger partial charge on any atom is 0.168 e. The van der Waals surface area contributed by atoms with Crippen molar-refractivity contribution in [3.63, 3.8) is 0 Å². The molecule has 0 aromatic carbocycles. The number of hydrogen-bond acceptors (Lipinski definition) is 3. The first-order chi connectivity index (χ1) is 11.8. The average Bonchev–Trinajstić information content (AvgIpc) is 2.52. The van der Waals surface area contributed by atoms with Crippen LogP contribution in [0.1, 0.15) is 59.8 Å². The lowest BCUT2D eigenvalue weighted by atomic mass is 9.87. The summed E-state index contributed by atoms with van der Waals surface area (Å²) in [5.74, 6) is -1.02. The van der Waals surface area contributed by atoms with Crippen LogP contribution < -0.4 is 0 Å². The Hall–Kier alpha value is -1.16. The molecular formula is C22H36O3. The van der Waals surface area contributed by atoms with Crippen LogP contribution in [0.3, 0.4) is 0 Å². The molecule has 0 aliphatic carbocycles. The van der Waals surface area contributed by atoms with Crippen molar-refractivity contribution in [1.29, 1.82) is 0 Å². The molecule has 0 aromatic heterocycles. The maximum absolute atomic E-state index is 10.2. The minimum atomic E-state index is -1.25. The standard InChI is InChI=1S/C22H36O3/c1-6-7-9-12-17(2)15-18(3)13-10-8-11-14-20-16-21(23)19(4)22(5,24)25-20/h6,8,10-13,18-21,23-24H,1,7,9,14-16H2,2-5H3/b11-8+,13-10+,17-12+/t18-,19-,20-,21+,22+/m1/s1. The van der Waals surface area contributed by atoms with Crippen LogP contribution in [0.25, 0.3) is 0 Å². The third-order valence-electron chi connectivity index (χ3n) is 4.93. The Morgan fingerprint density at radius 2 is 2.08 bits per heavy atom. The van der Waals surface area contributed by atoms with Crippen LogP contribution in [0.2, 0.25) is 0 Å². The first-order valence-corrected chi connectivity index (χ1v) is 9.44. The highest BCUT2D eigenvalue weighted by atomic mass is 16.6. The van der Waals surface area contributed by atoms with Gasteiger partial charge in [0.15, 0.2) is 5.79 Å². The highest BCUT2D eigenvalue weighted by Gasteiger charge is 2.42. The first-order valence-electron chi connectivity index (χ1n) is 9.44. The summed E-state index contributed by atoms with van der Waals surface area (Å²) in [6, 6.07) is 0. The molecule has 142 valence electrons. The molecule has 0 amide bonds. The molecule has 1 rings (SSSR count). The van der Waals surface area contributed by atoms with Crippen molar-refractivity contribution in [2.45, 2.75) is 77.8 Å². The Labute approximate surface area is 153 Å². The van der Waals surface area contributed by atoms with Crippen molar-refractivity contribution in [3.8, 4) is 0 Å². The van der Waals surface area contributed by atoms with E-state index in [2.05, 4.69) is 38.7 Å². The Bertz CT molecular complexity index is 488. The molecule has 1 aliphatic rings. The normalized spacial score (nSPS) is 32.4. The van der Waals surface area contributed by atoms with Gasteiger partial charge in [-0.3, -0.25) is 0 Å². The molecule has 0 aromatic rings. The van der Waals surface area contributed by atoms with Crippen molar-refractivity contribution in [3.05, 3.63) is 48.6 Å². The molecular weight excluding hydrogens is 312 g/mol. The second-order valence-electron chi connectivity index (χ2n) is 7.53. The minimum Gasteiger partial charge on any atom is -0.393 e. The monoisotopic (exact) mass is 348 g/mol. The Morgan fingerprint density at radius 3 is 2.72 bits per heavy atom. The van der Waals surface area contributed by atoms with E-state index in [0.717, 1.165) is 19.3 Å². The average molecular weight is 349 g/mol. The molecule has 1 aliphatic heterocycles. The number of hydrogen-bond donors (Lipinski definition) is 2. The van der Waals surface area contributed by atoms with E-state index in [1.807, 2.05) is 25.2 Å². The van der Waals surface area contributed by atoms with Crippen LogP contribution in [-0.2, 0) is 4.74 Å². The number of ether oxygens (including phenoxy) is 1. The van der Waals surface area contributed by atoms with Crippen molar-refractivity contribution < 1.29 is 14.9 Å². The molecule has 0 unspecified atom stereocenters. The van der Waals surface area contributed by atoms with E-state index in [0.29, 0.717) is 18.8 Å². The van der Waals surface area contributed by atoms with Crippen LogP contribution in [0.5, 0.6) is 0 Å². The fourth-order valence-corrected chi connectivity index (χ4v) is 3.14. The molecule has 2 N–H and O–H groups in total. The number of aliphatic hydroxyl groups excluding tert-OH is 1. The zero-order valence-electron chi connectivity index (χ0n) is 16.3. The lowest BCUT2D eigenvalue weighted by molar-refractivity contribution is -0.290. The van der Waals surface area contributed by atoms with Crippen LogP contribution in [0.15, 0.2) is 48.6 Å². The van der Waals surface area contributed by atoms with Gasteiger partial charge >= 0.3 is 0 Å². The first kappa shape index (κ1) is 21.9. The van der Waals surface area contributed by atoms with Gasteiger partial charge in [0.25, 0.3) is 0 Å². The van der Waals surface area contributed by atoms with Gasteiger partial charge in [0.05, 0.1) is 12.2 Å². The van der Waals surface area contributed by atoms with E-state index < -0.39 is 11.9 Å². The number of allylic oxidation sites excluding steroid dienone is 6. The van der Waals surface area contributed by atoms with Gasteiger partial charge in [-0.25, -0.2) is 0 Å². The zero-order valence-corrected chi connectivity index (χ0v) is 16.3. The van der Waals surface area contributed by atoms with E-state index in [4.69, 9.17) is 4.74 Å². The second kappa shape index (κ2) is 10.7. The van der Waals surface area contributed by atoms with E-state index in [-0.39, 0.29) is 12.0 Å². The smallest absolute Gasteiger partial charge is 0.168 e. The van der Waals surface area contributed by atoms with Gasteiger partial charge in [-0.05, 0) is 45.4 Å². The topological polar surface area (TPSA) is 49.7 Å². The van der Waals surface area contributed by atoms with E-state index in [1.54, 1.807) is 6.92 Å². The highest BCUT2D eigenvalue weighted by molar-refractivity contribution is 5.08. The fourth-order valence-electron chi connectivity index (χ4n) is 3.14. The molecule has 1 heterocycles. The van der Waals surface area contributed by atoms with E-state index in [9.17, 15) is 10.2 Å². The molecule has 3 nitrogen and oxygen atoms in total. The second-order valence-corrected chi connectivity index (χ2v) is 7.53. The summed E-state index contributed by atoms with van der Waals surface area (Å²) in [6.45, 7) is 11.6. The highest BCUT2D eigenvalue weighted by Crippen LogP contribution is 2.33. The summed E-state index contributed by atoms with van der Waals surface area (Å²) >= 11 is 0. The van der Waals surface area contributed by atoms with Crippen LogP contribution in [0, 0.1) is 11.8 Å². The van der Waals surface area contributed by atoms with Crippen molar-refractivity contribution in [2.24, 2.45) is 11.8 Å². The molecule has 1 fully saturated rings. The number of unbranched alkanes of at least 4 members (excludes halogenated alkanes) is 1. The summed E-state index contributed by atoms with van der Waals surface area (Å²) in [4.78, 5) is 0. The zero-order chi connectivity index (χ0) is 18.9. The number of aliphatic hydroxyl groups is 2. The minimum absolute atomic E-state index is 0.140. The van der Waals surface area contributed by atoms with Crippen molar-refractivity contribution >= 4 is 0 Å². The fraction of sp³-hybridized carbons (Fsp3) is 0.636. The summed E-state index contributed by atoms with van der Waals surface area (Å²) in [5.41, 5.74) is 1.42. The lowest BCUT2D eigenvalue weighted by Crippen LogP contribution is -2.50. The van der Waals surface area contributed by atoms with Crippen LogP contribution >= 0.6 is 0 Å². The number of rotatable bonds is 9. The molecule has 5 atom stereocenters. The molecule has 1 saturated heterocycles. The van der Waals surface area contributed by atoms with Gasteiger partial charge in [-0.15, -0.1) is 6.58 Å². The predicted octanol–water partition coefficient (Wildman–Crippen LogP) is 4.92. The van der Waals surface area contributed by atoms with Crippen molar-refractivity contribution in [2.75, 3.05) is 0 Å². The Kier molecular flexibility index (Phi) is 9.41. The molecule has 3 heteroatoms. The van der Waals surface area contributed by atoms with Gasteiger partial charge < -0.3 is 14.9 Å². The van der Waals surface area contributed by atoms with Gasteiger partial charge in [-0.2, -0.15) is 0 Å². The SMILES string of the molecule is C=CCC/C=C(\C)C[C@H](C)/C=C/C=C/C[C@@H]1C[C@H](O)[C@@H](C)[C@@](C)(O)O1. The quantitative estimate of drug-likeness (QED) is 0.353. The summed E-state index contributed by atoms with van der Waals surface area (Å²) in [6.07, 6.45) is 16.4. The van der Waals surface area contributed by atoms with Gasteiger partial charge in [0.2, 0.25) is 0 Å². The third-order valence-corrected chi connectivity index (χ3v) is 4.93. The van der Waals surface area contributed by atoms with Crippen LogP contribution in [0.4, 0.5) is 0 Å². The van der Waals surface area contributed by atoms with Gasteiger partial charge in [0, 0.05) is 12.3 Å². The molecule has 0 spiro atoms. The van der Waals surface area contributed by atoms with E-state index in [1.165, 1.54) is 5.57 Å².